The number of amides is 1. The minimum atomic E-state index is 0.127. The molecule has 0 bridgehead atoms. The van der Waals surface area contributed by atoms with Crippen molar-refractivity contribution in [3.8, 4) is 0 Å². The molecule has 0 aromatic heterocycles. The predicted octanol–water partition coefficient (Wildman–Crippen LogP) is 2.04. The van der Waals surface area contributed by atoms with Gasteiger partial charge in [-0.25, -0.2) is 0 Å². The highest BCUT2D eigenvalue weighted by Gasteiger charge is 2.33. The van der Waals surface area contributed by atoms with Crippen molar-refractivity contribution in [3.63, 3.8) is 0 Å². The lowest BCUT2D eigenvalue weighted by atomic mass is 9.80. The summed E-state index contributed by atoms with van der Waals surface area (Å²) in [7, 11) is 1.83. The van der Waals surface area contributed by atoms with Crippen LogP contribution in [0.2, 0.25) is 5.02 Å². The lowest BCUT2D eigenvalue weighted by Gasteiger charge is -2.34. The molecule has 0 atom stereocenters. The van der Waals surface area contributed by atoms with Gasteiger partial charge in [-0.3, -0.25) is 4.79 Å². The molecule has 1 amide bonds. The molecule has 4 heteroatoms. The van der Waals surface area contributed by atoms with Crippen molar-refractivity contribution in [2.45, 2.75) is 25.4 Å². The lowest BCUT2D eigenvalue weighted by molar-refractivity contribution is -0.137. The second-order valence-corrected chi connectivity index (χ2v) is 5.19. The Hall–Kier alpha value is -1.06. The lowest BCUT2D eigenvalue weighted by Crippen LogP contribution is -2.45. The molecule has 17 heavy (non-hydrogen) atoms. The number of rotatable bonds is 3. The minimum absolute atomic E-state index is 0.127. The average molecular weight is 253 g/mol. The summed E-state index contributed by atoms with van der Waals surface area (Å²) in [6.45, 7) is 0.627. The summed E-state index contributed by atoms with van der Waals surface area (Å²) in [6, 6.07) is 7.79. The smallest absolute Gasteiger partial charge is 0.225 e. The molecule has 0 spiro atoms. The molecule has 0 radical (unpaired) electrons. The van der Waals surface area contributed by atoms with Gasteiger partial charge in [0.15, 0.2) is 0 Å². The fraction of sp³-hybridized carbons (Fsp3) is 0.462. The summed E-state index contributed by atoms with van der Waals surface area (Å²) in [5.41, 5.74) is 6.78. The SMILES string of the molecule is CN(Cc1ccc(Cl)cc1)C(=O)C1CC(N)C1. The molecular formula is C13H17ClN2O. The first-order chi connectivity index (χ1) is 8.06. The van der Waals surface area contributed by atoms with Crippen molar-refractivity contribution in [3.05, 3.63) is 34.9 Å². The van der Waals surface area contributed by atoms with Crippen LogP contribution in [-0.2, 0) is 11.3 Å². The van der Waals surface area contributed by atoms with Crippen molar-refractivity contribution in [2.24, 2.45) is 11.7 Å². The molecule has 3 nitrogen and oxygen atoms in total. The molecule has 0 aliphatic heterocycles. The molecule has 92 valence electrons. The fourth-order valence-electron chi connectivity index (χ4n) is 2.12. The van der Waals surface area contributed by atoms with Crippen LogP contribution in [0.15, 0.2) is 24.3 Å². The Balaban J connectivity index is 1.90. The quantitative estimate of drug-likeness (QED) is 0.895. The van der Waals surface area contributed by atoms with Crippen LogP contribution >= 0.6 is 11.6 Å². The zero-order chi connectivity index (χ0) is 12.4. The first-order valence-electron chi connectivity index (χ1n) is 5.81. The Morgan fingerprint density at radius 1 is 1.41 bits per heavy atom. The normalized spacial score (nSPS) is 23.0. The minimum Gasteiger partial charge on any atom is -0.341 e. The van der Waals surface area contributed by atoms with Gasteiger partial charge >= 0.3 is 0 Å². The summed E-state index contributed by atoms with van der Waals surface area (Å²) in [5.74, 6) is 0.323. The zero-order valence-electron chi connectivity index (χ0n) is 9.90. The Morgan fingerprint density at radius 3 is 2.53 bits per heavy atom. The molecule has 1 saturated carbocycles. The third-order valence-electron chi connectivity index (χ3n) is 3.23. The van der Waals surface area contributed by atoms with E-state index in [0.29, 0.717) is 11.6 Å². The maximum atomic E-state index is 12.0. The highest BCUT2D eigenvalue weighted by atomic mass is 35.5. The van der Waals surface area contributed by atoms with E-state index in [0.717, 1.165) is 18.4 Å². The average Bonchev–Trinajstić information content (AvgIpc) is 2.27. The van der Waals surface area contributed by atoms with E-state index in [1.54, 1.807) is 4.90 Å². The fourth-order valence-corrected chi connectivity index (χ4v) is 2.24. The first kappa shape index (κ1) is 12.4. The Kier molecular flexibility index (Phi) is 3.69. The van der Waals surface area contributed by atoms with Gasteiger partial charge in [-0.05, 0) is 30.5 Å². The molecule has 1 aliphatic rings. The van der Waals surface area contributed by atoms with Gasteiger partial charge in [0.25, 0.3) is 0 Å². The number of carbonyl (C=O) groups is 1. The van der Waals surface area contributed by atoms with Gasteiger partial charge in [0.2, 0.25) is 5.91 Å². The number of benzene rings is 1. The van der Waals surface area contributed by atoms with E-state index in [4.69, 9.17) is 17.3 Å². The van der Waals surface area contributed by atoms with Gasteiger partial charge in [0.1, 0.15) is 0 Å². The molecule has 1 aromatic carbocycles. The highest BCUT2D eigenvalue weighted by molar-refractivity contribution is 6.30. The van der Waals surface area contributed by atoms with E-state index in [2.05, 4.69) is 0 Å². The Labute approximate surface area is 107 Å². The van der Waals surface area contributed by atoms with Gasteiger partial charge < -0.3 is 10.6 Å². The van der Waals surface area contributed by atoms with Crippen molar-refractivity contribution in [2.75, 3.05) is 7.05 Å². The van der Waals surface area contributed by atoms with E-state index in [9.17, 15) is 4.79 Å². The van der Waals surface area contributed by atoms with Crippen LogP contribution in [-0.4, -0.2) is 23.9 Å². The molecule has 1 aromatic rings. The summed E-state index contributed by atoms with van der Waals surface area (Å²) < 4.78 is 0. The van der Waals surface area contributed by atoms with Crippen molar-refractivity contribution in [1.29, 1.82) is 0 Å². The monoisotopic (exact) mass is 252 g/mol. The molecule has 1 fully saturated rings. The molecule has 0 saturated heterocycles. The maximum Gasteiger partial charge on any atom is 0.225 e. The van der Waals surface area contributed by atoms with E-state index in [1.807, 2.05) is 31.3 Å². The van der Waals surface area contributed by atoms with Crippen LogP contribution in [0.4, 0.5) is 0 Å². The second-order valence-electron chi connectivity index (χ2n) is 4.75. The van der Waals surface area contributed by atoms with E-state index in [1.165, 1.54) is 0 Å². The summed E-state index contributed by atoms with van der Waals surface area (Å²) in [5, 5.41) is 0.715. The number of hydrogen-bond donors (Lipinski definition) is 1. The number of nitrogens with two attached hydrogens (primary N) is 1. The highest BCUT2D eigenvalue weighted by Crippen LogP contribution is 2.27. The van der Waals surface area contributed by atoms with Gasteiger partial charge in [-0.15, -0.1) is 0 Å². The van der Waals surface area contributed by atoms with Crippen molar-refractivity contribution in [1.82, 2.24) is 4.90 Å². The Bertz CT molecular complexity index is 398. The summed E-state index contributed by atoms with van der Waals surface area (Å²) in [4.78, 5) is 13.8. The third-order valence-corrected chi connectivity index (χ3v) is 3.48. The first-order valence-corrected chi connectivity index (χ1v) is 6.19. The van der Waals surface area contributed by atoms with E-state index in [-0.39, 0.29) is 17.9 Å². The molecule has 0 unspecified atom stereocenters. The molecule has 0 heterocycles. The maximum absolute atomic E-state index is 12.0. The molecular weight excluding hydrogens is 236 g/mol. The van der Waals surface area contributed by atoms with Crippen LogP contribution in [0.1, 0.15) is 18.4 Å². The number of halogens is 1. The van der Waals surface area contributed by atoms with E-state index >= 15 is 0 Å². The van der Waals surface area contributed by atoms with Crippen LogP contribution in [0.3, 0.4) is 0 Å². The van der Waals surface area contributed by atoms with Crippen LogP contribution < -0.4 is 5.73 Å². The summed E-state index contributed by atoms with van der Waals surface area (Å²) in [6.07, 6.45) is 1.65. The Morgan fingerprint density at radius 2 is 2.00 bits per heavy atom. The zero-order valence-corrected chi connectivity index (χ0v) is 10.7. The molecule has 2 N–H and O–H groups in total. The standard InChI is InChI=1S/C13H17ClN2O/c1-16(13(17)10-6-12(15)7-10)8-9-2-4-11(14)5-3-9/h2-5,10,12H,6-8,15H2,1H3. The number of nitrogens with zero attached hydrogens (tertiary/aromatic N) is 1. The van der Waals surface area contributed by atoms with Crippen molar-refractivity contribution >= 4 is 17.5 Å². The van der Waals surface area contributed by atoms with Gasteiger partial charge in [-0.1, -0.05) is 23.7 Å². The predicted molar refractivity (Wildman–Crippen MR) is 68.6 cm³/mol. The molecule has 2 rings (SSSR count). The van der Waals surface area contributed by atoms with Crippen LogP contribution in [0.25, 0.3) is 0 Å². The summed E-state index contributed by atoms with van der Waals surface area (Å²) >= 11 is 5.81. The third kappa shape index (κ3) is 2.99. The van der Waals surface area contributed by atoms with Gasteiger partial charge in [0, 0.05) is 30.6 Å². The van der Waals surface area contributed by atoms with Gasteiger partial charge in [0.05, 0.1) is 0 Å². The van der Waals surface area contributed by atoms with Gasteiger partial charge in [-0.2, -0.15) is 0 Å². The number of carbonyl (C=O) groups excluding carboxylic acids is 1. The van der Waals surface area contributed by atoms with Crippen LogP contribution in [0, 0.1) is 5.92 Å². The number of hydrogen-bond acceptors (Lipinski definition) is 2. The van der Waals surface area contributed by atoms with E-state index < -0.39 is 0 Å². The topological polar surface area (TPSA) is 46.3 Å². The van der Waals surface area contributed by atoms with Crippen molar-refractivity contribution < 1.29 is 4.79 Å². The largest absolute Gasteiger partial charge is 0.341 e. The van der Waals surface area contributed by atoms with Crippen LogP contribution in [0.5, 0.6) is 0 Å². The second kappa shape index (κ2) is 5.07. The molecule has 1 aliphatic carbocycles.